The maximum atomic E-state index is 6.60. The van der Waals surface area contributed by atoms with E-state index in [-0.39, 0.29) is 18.4 Å². The maximum absolute atomic E-state index is 6.60. The first-order valence-electron chi connectivity index (χ1n) is 11.0. The van der Waals surface area contributed by atoms with Crippen molar-refractivity contribution in [2.75, 3.05) is 65.1 Å². The van der Waals surface area contributed by atoms with Gasteiger partial charge in [-0.2, -0.15) is 0 Å². The van der Waals surface area contributed by atoms with Crippen LogP contribution in [0.5, 0.6) is 0 Å². The van der Waals surface area contributed by atoms with Crippen molar-refractivity contribution in [2.24, 2.45) is 0 Å². The SMILES string of the molecule is CCN1CCN(c2nc(C)nc3c2nc(-c2ccccc2Cl)n3C(COC)COC)CC1.Cl. The van der Waals surface area contributed by atoms with Gasteiger partial charge in [0, 0.05) is 46.0 Å². The van der Waals surface area contributed by atoms with Crippen molar-refractivity contribution in [3.05, 3.63) is 35.1 Å². The number of fused-ring (bicyclic) bond motifs is 1. The van der Waals surface area contributed by atoms with Gasteiger partial charge in [0.15, 0.2) is 17.0 Å². The molecular weight excluding hydrogens is 463 g/mol. The number of hydrogen-bond acceptors (Lipinski definition) is 7. The summed E-state index contributed by atoms with van der Waals surface area (Å²) in [6.45, 7) is 9.96. The van der Waals surface area contributed by atoms with Gasteiger partial charge in [0.1, 0.15) is 11.6 Å². The molecule has 0 saturated carbocycles. The Kier molecular flexibility index (Phi) is 8.89. The van der Waals surface area contributed by atoms with Crippen molar-refractivity contribution in [1.29, 1.82) is 0 Å². The summed E-state index contributed by atoms with van der Waals surface area (Å²) in [5, 5.41) is 0.639. The van der Waals surface area contributed by atoms with E-state index >= 15 is 0 Å². The van der Waals surface area contributed by atoms with E-state index in [2.05, 4.69) is 21.3 Å². The van der Waals surface area contributed by atoms with Gasteiger partial charge in [-0.3, -0.25) is 0 Å². The fraction of sp³-hybridized carbons (Fsp3) is 0.522. The number of imidazole rings is 1. The Morgan fingerprint density at radius 3 is 2.27 bits per heavy atom. The third-order valence-corrected chi connectivity index (χ3v) is 6.28. The average molecular weight is 495 g/mol. The van der Waals surface area contributed by atoms with Gasteiger partial charge in [-0.15, -0.1) is 12.4 Å². The van der Waals surface area contributed by atoms with Crippen molar-refractivity contribution in [1.82, 2.24) is 24.4 Å². The highest BCUT2D eigenvalue weighted by atomic mass is 35.5. The highest BCUT2D eigenvalue weighted by Crippen LogP contribution is 2.35. The second-order valence-corrected chi connectivity index (χ2v) is 8.44. The summed E-state index contributed by atoms with van der Waals surface area (Å²) in [6.07, 6.45) is 0. The topological polar surface area (TPSA) is 68.5 Å². The van der Waals surface area contributed by atoms with Crippen LogP contribution in [0.2, 0.25) is 5.02 Å². The molecule has 3 heterocycles. The molecule has 33 heavy (non-hydrogen) atoms. The number of aryl methyl sites for hydroxylation is 1. The Hall–Kier alpha value is -1.97. The number of methoxy groups -OCH3 is 2. The van der Waals surface area contributed by atoms with Crippen molar-refractivity contribution in [3.8, 4) is 11.4 Å². The van der Waals surface area contributed by atoms with E-state index in [1.54, 1.807) is 14.2 Å². The van der Waals surface area contributed by atoms with E-state index in [9.17, 15) is 0 Å². The average Bonchev–Trinajstić information content (AvgIpc) is 3.17. The number of aromatic nitrogens is 4. The predicted octanol–water partition coefficient (Wildman–Crippen LogP) is 3.85. The molecule has 2 aromatic heterocycles. The molecule has 10 heteroatoms. The molecule has 0 spiro atoms. The Labute approximate surface area is 206 Å². The minimum Gasteiger partial charge on any atom is -0.382 e. The minimum absolute atomic E-state index is 0. The van der Waals surface area contributed by atoms with Gasteiger partial charge < -0.3 is 23.8 Å². The van der Waals surface area contributed by atoms with Gasteiger partial charge in [-0.05, 0) is 25.6 Å². The molecule has 4 rings (SSSR count). The van der Waals surface area contributed by atoms with Gasteiger partial charge in [0.2, 0.25) is 0 Å². The second kappa shape index (κ2) is 11.4. The van der Waals surface area contributed by atoms with Crippen LogP contribution in [0.4, 0.5) is 5.82 Å². The van der Waals surface area contributed by atoms with Crippen molar-refractivity contribution < 1.29 is 9.47 Å². The van der Waals surface area contributed by atoms with Crippen LogP contribution in [0.25, 0.3) is 22.6 Å². The molecule has 1 aliphatic heterocycles. The number of piperazine rings is 1. The Morgan fingerprint density at radius 1 is 1.00 bits per heavy atom. The molecule has 0 atom stereocenters. The van der Waals surface area contributed by atoms with Crippen LogP contribution in [0, 0.1) is 6.92 Å². The van der Waals surface area contributed by atoms with Gasteiger partial charge in [0.05, 0.1) is 24.3 Å². The molecular formula is C23H32Cl2N6O2. The van der Waals surface area contributed by atoms with Crippen LogP contribution < -0.4 is 4.90 Å². The third-order valence-electron chi connectivity index (χ3n) is 5.95. The molecule has 3 aromatic rings. The van der Waals surface area contributed by atoms with Gasteiger partial charge >= 0.3 is 0 Å². The molecule has 0 bridgehead atoms. The van der Waals surface area contributed by atoms with Crippen molar-refractivity contribution in [3.63, 3.8) is 0 Å². The highest BCUT2D eigenvalue weighted by molar-refractivity contribution is 6.33. The lowest BCUT2D eigenvalue weighted by molar-refractivity contribution is 0.0916. The molecule has 1 fully saturated rings. The fourth-order valence-electron chi connectivity index (χ4n) is 4.32. The normalized spacial score (nSPS) is 14.8. The molecule has 180 valence electrons. The molecule has 8 nitrogen and oxygen atoms in total. The summed E-state index contributed by atoms with van der Waals surface area (Å²) < 4.78 is 13.2. The number of nitrogens with zero attached hydrogens (tertiary/aromatic N) is 6. The van der Waals surface area contributed by atoms with Crippen molar-refractivity contribution in [2.45, 2.75) is 19.9 Å². The van der Waals surface area contributed by atoms with Gasteiger partial charge in [-0.25, -0.2) is 15.0 Å². The minimum atomic E-state index is -0.111. The largest absolute Gasteiger partial charge is 0.382 e. The van der Waals surface area contributed by atoms with E-state index in [1.165, 1.54) is 0 Å². The Bertz CT molecular complexity index is 1060. The zero-order chi connectivity index (χ0) is 22.7. The van der Waals surface area contributed by atoms with E-state index in [0.717, 1.165) is 61.1 Å². The molecule has 1 saturated heterocycles. The molecule has 0 amide bonds. The predicted molar refractivity (Wildman–Crippen MR) is 135 cm³/mol. The number of halogens is 2. The van der Waals surface area contributed by atoms with Crippen LogP contribution >= 0.6 is 24.0 Å². The lowest BCUT2D eigenvalue weighted by Gasteiger charge is -2.34. The zero-order valence-corrected chi connectivity index (χ0v) is 21.2. The fourth-order valence-corrected chi connectivity index (χ4v) is 4.54. The van der Waals surface area contributed by atoms with Crippen LogP contribution in [0.3, 0.4) is 0 Å². The molecule has 0 unspecified atom stereocenters. The standard InChI is InChI=1S/C23H31ClN6O2.ClH/c1-5-28-10-12-29(13-11-28)22-20-23(26-16(2)25-22)30(17(14-31-3)15-32-4)21(27-20)18-8-6-7-9-19(18)24;/h6-9,17H,5,10-15H2,1-4H3;1H. The summed E-state index contributed by atoms with van der Waals surface area (Å²) in [7, 11) is 3.38. The number of likely N-dealkylation sites (N-methyl/N-ethyl adjacent to an activating group) is 1. The molecule has 1 aliphatic rings. The smallest absolute Gasteiger partial charge is 0.166 e. The second-order valence-electron chi connectivity index (χ2n) is 8.04. The van der Waals surface area contributed by atoms with Crippen LogP contribution in [0.1, 0.15) is 18.8 Å². The quantitative estimate of drug-likeness (QED) is 0.470. The molecule has 0 N–H and O–H groups in total. The summed E-state index contributed by atoms with van der Waals surface area (Å²) in [6, 6.07) is 7.64. The lowest BCUT2D eigenvalue weighted by Crippen LogP contribution is -2.46. The monoisotopic (exact) mass is 494 g/mol. The van der Waals surface area contributed by atoms with Crippen molar-refractivity contribution >= 4 is 41.0 Å². The summed E-state index contributed by atoms with van der Waals surface area (Å²) >= 11 is 6.60. The van der Waals surface area contributed by atoms with E-state index in [0.29, 0.717) is 24.1 Å². The molecule has 1 aromatic carbocycles. The first-order chi connectivity index (χ1) is 15.6. The number of hydrogen-bond donors (Lipinski definition) is 0. The zero-order valence-electron chi connectivity index (χ0n) is 19.6. The lowest BCUT2D eigenvalue weighted by atomic mass is 10.2. The Morgan fingerprint density at radius 2 is 1.67 bits per heavy atom. The first kappa shape index (κ1) is 25.6. The maximum Gasteiger partial charge on any atom is 0.166 e. The van der Waals surface area contributed by atoms with E-state index in [4.69, 9.17) is 36.0 Å². The summed E-state index contributed by atoms with van der Waals surface area (Å²) in [5.41, 5.74) is 2.41. The van der Waals surface area contributed by atoms with Crippen LogP contribution in [-0.4, -0.2) is 84.6 Å². The highest BCUT2D eigenvalue weighted by Gasteiger charge is 2.27. The van der Waals surface area contributed by atoms with Crippen LogP contribution in [0.15, 0.2) is 24.3 Å². The number of ether oxygens (including phenoxy) is 2. The van der Waals surface area contributed by atoms with E-state index < -0.39 is 0 Å². The van der Waals surface area contributed by atoms with Gasteiger partial charge in [-0.1, -0.05) is 30.7 Å². The van der Waals surface area contributed by atoms with E-state index in [1.807, 2.05) is 31.2 Å². The first-order valence-corrected chi connectivity index (χ1v) is 11.4. The number of benzene rings is 1. The van der Waals surface area contributed by atoms with Crippen LogP contribution in [-0.2, 0) is 9.47 Å². The van der Waals surface area contributed by atoms with Gasteiger partial charge in [0.25, 0.3) is 0 Å². The molecule has 0 radical (unpaired) electrons. The summed E-state index contributed by atoms with van der Waals surface area (Å²) in [4.78, 5) is 19.5. The number of rotatable bonds is 8. The third kappa shape index (κ3) is 5.25. The summed E-state index contributed by atoms with van der Waals surface area (Å²) in [5.74, 6) is 2.34. The molecule has 0 aliphatic carbocycles. The number of anilines is 1. The Balaban J connectivity index is 0.00000306.